The number of nitrogens with one attached hydrogen (secondary N) is 3. The van der Waals surface area contributed by atoms with E-state index in [1.165, 1.54) is 11.0 Å². The number of para-hydroxylation sites is 1. The van der Waals surface area contributed by atoms with Gasteiger partial charge in [0.2, 0.25) is 23.6 Å². The largest absolute Gasteiger partial charge is 0.481 e. The van der Waals surface area contributed by atoms with Gasteiger partial charge in [-0.1, -0.05) is 30.3 Å². The molecular formula is C30H33N7O6. The standard InChI is InChI=1S/C30H33N7O6/c31-15-18-6-3-5-17(11-18)12-23(27(33)40)35-28(41)24(14-26(38)39)36-29(42)25-9-4-10-37(25)30(43)21(32)13-19-16-34-22-8-2-1-7-20(19)22/h1-3,5-8,11,16,21,23-25,34H,4,9-10,12-14,32H2,(H2,33,40)(H,35,41)(H,36,42)(H,38,39)/t21-,23-,24-,25-/m0/s1. The van der Waals surface area contributed by atoms with Crippen LogP contribution in [0.1, 0.15) is 36.0 Å². The van der Waals surface area contributed by atoms with Crippen molar-refractivity contribution < 1.29 is 29.1 Å². The quantitative estimate of drug-likeness (QED) is 0.170. The number of primary amides is 1. The number of carboxylic acids is 1. The van der Waals surface area contributed by atoms with Gasteiger partial charge in [-0.25, -0.2) is 0 Å². The summed E-state index contributed by atoms with van der Waals surface area (Å²) in [7, 11) is 0. The summed E-state index contributed by atoms with van der Waals surface area (Å²) in [5.41, 5.74) is 14.4. The van der Waals surface area contributed by atoms with Crippen molar-refractivity contribution in [2.75, 3.05) is 6.54 Å². The van der Waals surface area contributed by atoms with Crippen molar-refractivity contribution in [2.45, 2.75) is 56.3 Å². The zero-order valence-electron chi connectivity index (χ0n) is 23.3. The summed E-state index contributed by atoms with van der Waals surface area (Å²) in [6, 6.07) is 11.3. The van der Waals surface area contributed by atoms with Crippen LogP contribution < -0.4 is 22.1 Å². The van der Waals surface area contributed by atoms with Crippen LogP contribution in [0, 0.1) is 11.3 Å². The van der Waals surface area contributed by atoms with E-state index in [0.29, 0.717) is 24.0 Å². The Bertz CT molecular complexity index is 1580. The Morgan fingerprint density at radius 3 is 2.56 bits per heavy atom. The zero-order chi connectivity index (χ0) is 31.1. The highest BCUT2D eigenvalue weighted by molar-refractivity contribution is 5.96. The van der Waals surface area contributed by atoms with E-state index in [4.69, 9.17) is 16.7 Å². The molecule has 1 aliphatic rings. The van der Waals surface area contributed by atoms with Gasteiger partial charge in [-0.05, 0) is 48.6 Å². The van der Waals surface area contributed by atoms with E-state index in [0.717, 1.165) is 16.5 Å². The molecule has 4 atom stereocenters. The number of rotatable bonds is 12. The monoisotopic (exact) mass is 587 g/mol. The summed E-state index contributed by atoms with van der Waals surface area (Å²) >= 11 is 0. The molecule has 2 aromatic carbocycles. The first-order chi connectivity index (χ1) is 20.6. The first-order valence-corrected chi connectivity index (χ1v) is 13.8. The number of H-pyrrole nitrogens is 1. The summed E-state index contributed by atoms with van der Waals surface area (Å²) in [4.78, 5) is 67.9. The van der Waals surface area contributed by atoms with Crippen molar-refractivity contribution in [1.29, 1.82) is 5.26 Å². The average molecular weight is 588 g/mol. The van der Waals surface area contributed by atoms with Crippen LogP contribution in [0.15, 0.2) is 54.7 Å². The van der Waals surface area contributed by atoms with Crippen molar-refractivity contribution >= 4 is 40.5 Å². The lowest BCUT2D eigenvalue weighted by molar-refractivity contribution is -0.143. The van der Waals surface area contributed by atoms with Crippen molar-refractivity contribution in [3.8, 4) is 6.07 Å². The molecule has 1 aliphatic heterocycles. The number of aliphatic carboxylic acids is 1. The zero-order valence-corrected chi connectivity index (χ0v) is 23.3. The maximum absolute atomic E-state index is 13.3. The molecule has 1 saturated heterocycles. The number of aromatic nitrogens is 1. The van der Waals surface area contributed by atoms with Gasteiger partial charge in [-0.15, -0.1) is 0 Å². The van der Waals surface area contributed by atoms with Gasteiger partial charge < -0.3 is 37.1 Å². The number of amides is 4. The van der Waals surface area contributed by atoms with E-state index in [2.05, 4.69) is 15.6 Å². The highest BCUT2D eigenvalue weighted by atomic mass is 16.4. The van der Waals surface area contributed by atoms with Crippen LogP contribution in [0.2, 0.25) is 0 Å². The topological polar surface area (TPSA) is 225 Å². The minimum Gasteiger partial charge on any atom is -0.481 e. The number of hydrogen-bond donors (Lipinski definition) is 6. The van der Waals surface area contributed by atoms with Crippen LogP contribution in [0.25, 0.3) is 10.9 Å². The number of carboxylic acid groups (broad SMARTS) is 1. The lowest BCUT2D eigenvalue weighted by Gasteiger charge is -2.28. The molecule has 4 rings (SSSR count). The van der Waals surface area contributed by atoms with Gasteiger partial charge in [0.1, 0.15) is 18.1 Å². The van der Waals surface area contributed by atoms with E-state index in [-0.39, 0.29) is 19.4 Å². The Balaban J connectivity index is 1.42. The number of nitrogens with two attached hydrogens (primary N) is 2. The van der Waals surface area contributed by atoms with Gasteiger partial charge in [0.05, 0.1) is 24.1 Å². The van der Waals surface area contributed by atoms with Gasteiger partial charge in [-0.2, -0.15) is 5.26 Å². The van der Waals surface area contributed by atoms with Crippen LogP contribution in [-0.2, 0) is 36.8 Å². The molecule has 1 aromatic heterocycles. The number of carbonyl (C=O) groups is 5. The highest BCUT2D eigenvalue weighted by Crippen LogP contribution is 2.22. The molecule has 0 saturated carbocycles. The Morgan fingerprint density at radius 2 is 1.84 bits per heavy atom. The predicted octanol–water partition coefficient (Wildman–Crippen LogP) is 0.0727. The number of hydrogen-bond acceptors (Lipinski definition) is 7. The van der Waals surface area contributed by atoms with Crippen LogP contribution in [0.5, 0.6) is 0 Å². The molecular weight excluding hydrogens is 554 g/mol. The van der Waals surface area contributed by atoms with Crippen molar-refractivity contribution in [3.05, 3.63) is 71.4 Å². The fraction of sp³-hybridized carbons (Fsp3) is 0.333. The predicted molar refractivity (Wildman–Crippen MR) is 155 cm³/mol. The normalized spacial score (nSPS) is 16.6. The number of benzene rings is 2. The Labute approximate surface area is 247 Å². The fourth-order valence-corrected chi connectivity index (χ4v) is 5.29. The Morgan fingerprint density at radius 1 is 1.07 bits per heavy atom. The molecule has 3 aromatic rings. The lowest BCUT2D eigenvalue weighted by Crippen LogP contribution is -2.57. The third kappa shape index (κ3) is 7.55. The number of nitrogens with zero attached hydrogens (tertiary/aromatic N) is 2. The van der Waals surface area contributed by atoms with E-state index >= 15 is 0 Å². The molecule has 13 nitrogen and oxygen atoms in total. The number of aromatic amines is 1. The van der Waals surface area contributed by atoms with Gasteiger partial charge in [0.15, 0.2) is 0 Å². The highest BCUT2D eigenvalue weighted by Gasteiger charge is 2.38. The Kier molecular flexibility index (Phi) is 9.74. The number of likely N-dealkylation sites (tertiary alicyclic amines) is 1. The minimum atomic E-state index is -1.55. The first-order valence-electron chi connectivity index (χ1n) is 13.8. The molecule has 224 valence electrons. The third-order valence-electron chi connectivity index (χ3n) is 7.44. The molecule has 0 aliphatic carbocycles. The van der Waals surface area contributed by atoms with E-state index < -0.39 is 60.2 Å². The van der Waals surface area contributed by atoms with Crippen LogP contribution in [0.3, 0.4) is 0 Å². The summed E-state index contributed by atoms with van der Waals surface area (Å²) in [5.74, 6) is -4.31. The molecule has 4 amide bonds. The first kappa shape index (κ1) is 30.7. The van der Waals surface area contributed by atoms with Gasteiger partial charge in [-0.3, -0.25) is 24.0 Å². The van der Waals surface area contributed by atoms with Crippen LogP contribution in [-0.4, -0.2) is 75.3 Å². The summed E-state index contributed by atoms with van der Waals surface area (Å²) < 4.78 is 0. The molecule has 2 heterocycles. The molecule has 0 spiro atoms. The maximum atomic E-state index is 13.3. The number of nitriles is 1. The lowest BCUT2D eigenvalue weighted by atomic mass is 10.0. The fourth-order valence-electron chi connectivity index (χ4n) is 5.29. The van der Waals surface area contributed by atoms with E-state index in [1.54, 1.807) is 24.4 Å². The van der Waals surface area contributed by atoms with Crippen molar-refractivity contribution in [2.24, 2.45) is 11.5 Å². The number of fused-ring (bicyclic) bond motifs is 1. The molecule has 0 radical (unpaired) electrons. The van der Waals surface area contributed by atoms with Gasteiger partial charge in [0.25, 0.3) is 0 Å². The summed E-state index contributed by atoms with van der Waals surface area (Å²) in [6.45, 7) is 0.278. The molecule has 0 bridgehead atoms. The molecule has 13 heteroatoms. The number of carbonyl (C=O) groups excluding carboxylic acids is 4. The molecule has 43 heavy (non-hydrogen) atoms. The minimum absolute atomic E-state index is 0.0520. The van der Waals surface area contributed by atoms with E-state index in [1.807, 2.05) is 30.3 Å². The van der Waals surface area contributed by atoms with Crippen molar-refractivity contribution in [1.82, 2.24) is 20.5 Å². The second kappa shape index (κ2) is 13.6. The Hall–Kier alpha value is -5.22. The van der Waals surface area contributed by atoms with Crippen molar-refractivity contribution in [3.63, 3.8) is 0 Å². The smallest absolute Gasteiger partial charge is 0.305 e. The molecule has 0 unspecified atom stereocenters. The van der Waals surface area contributed by atoms with Crippen LogP contribution >= 0.6 is 0 Å². The third-order valence-corrected chi connectivity index (χ3v) is 7.44. The van der Waals surface area contributed by atoms with E-state index in [9.17, 15) is 29.1 Å². The van der Waals surface area contributed by atoms with Crippen LogP contribution in [0.4, 0.5) is 0 Å². The second-order valence-corrected chi connectivity index (χ2v) is 10.5. The summed E-state index contributed by atoms with van der Waals surface area (Å²) in [6.07, 6.45) is 2.03. The molecule has 8 N–H and O–H groups in total. The van der Waals surface area contributed by atoms with Gasteiger partial charge >= 0.3 is 5.97 Å². The summed E-state index contributed by atoms with van der Waals surface area (Å²) in [5, 5.41) is 24.3. The molecule has 1 fully saturated rings. The second-order valence-electron chi connectivity index (χ2n) is 10.5. The SMILES string of the molecule is N#Cc1cccc(C[C@H](NC(=O)[C@H](CC(=O)O)NC(=O)[C@@H]2CCCN2C(=O)[C@@H](N)Cc2c[nH]c3ccccc23)C(N)=O)c1. The van der Waals surface area contributed by atoms with Gasteiger partial charge in [0, 0.05) is 30.1 Å². The maximum Gasteiger partial charge on any atom is 0.305 e. The average Bonchev–Trinajstić information content (AvgIpc) is 3.63.